The molecule has 4 N–H and O–H groups in total. The van der Waals surface area contributed by atoms with E-state index in [0.717, 1.165) is 11.8 Å². The largest absolute Gasteiger partial charge is 0.394 e. The normalized spacial score (nSPS) is 34.8. The Bertz CT molecular complexity index is 252. The molecule has 0 aromatic heterocycles. The highest BCUT2D eigenvalue weighted by molar-refractivity contribution is 8.14. The number of amidine groups is 1. The molecule has 16 heavy (non-hydrogen) atoms. The van der Waals surface area contributed by atoms with Crippen LogP contribution in [0.25, 0.3) is 0 Å². The average Bonchev–Trinajstić information content (AvgIpc) is 2.22. The first-order valence-electron chi connectivity index (χ1n) is 5.00. The van der Waals surface area contributed by atoms with Crippen molar-refractivity contribution in [2.45, 2.75) is 30.2 Å². The molecule has 0 aromatic rings. The SMILES string of the molecule is CN(C)C(=N)SC1CC(O)C(O)C(CO)O1. The van der Waals surface area contributed by atoms with Gasteiger partial charge in [-0.05, 0) is 0 Å². The topological polar surface area (TPSA) is 97.0 Å². The first-order chi connectivity index (χ1) is 7.45. The minimum absolute atomic E-state index is 0.249. The van der Waals surface area contributed by atoms with Crippen molar-refractivity contribution in [3.8, 4) is 0 Å². The molecule has 0 saturated carbocycles. The number of nitrogens with one attached hydrogen (secondary N) is 1. The lowest BCUT2D eigenvalue weighted by molar-refractivity contribution is -0.156. The summed E-state index contributed by atoms with van der Waals surface area (Å²) in [4.78, 5) is 1.62. The van der Waals surface area contributed by atoms with Crippen LogP contribution in [-0.2, 0) is 4.74 Å². The minimum atomic E-state index is -1.06. The third kappa shape index (κ3) is 3.33. The quantitative estimate of drug-likeness (QED) is 0.372. The van der Waals surface area contributed by atoms with Crippen molar-refractivity contribution in [1.82, 2.24) is 4.90 Å². The summed E-state index contributed by atoms with van der Waals surface area (Å²) < 4.78 is 5.37. The lowest BCUT2D eigenvalue weighted by Crippen LogP contribution is -2.49. The summed E-state index contributed by atoms with van der Waals surface area (Å²) in [6.07, 6.45) is -2.51. The molecule has 0 aliphatic carbocycles. The summed E-state index contributed by atoms with van der Waals surface area (Å²) >= 11 is 1.16. The number of thioether (sulfide) groups is 1. The highest BCUT2D eigenvalue weighted by atomic mass is 32.2. The van der Waals surface area contributed by atoms with Crippen molar-refractivity contribution in [3.05, 3.63) is 0 Å². The Balaban J connectivity index is 2.53. The average molecular weight is 250 g/mol. The summed E-state index contributed by atoms with van der Waals surface area (Å²) in [7, 11) is 3.49. The van der Waals surface area contributed by atoms with Gasteiger partial charge in [0, 0.05) is 20.5 Å². The number of aliphatic hydroxyl groups is 3. The van der Waals surface area contributed by atoms with E-state index in [1.54, 1.807) is 19.0 Å². The molecule has 0 bridgehead atoms. The van der Waals surface area contributed by atoms with Gasteiger partial charge in [-0.1, -0.05) is 11.8 Å². The molecular weight excluding hydrogens is 232 g/mol. The lowest BCUT2D eigenvalue weighted by atomic mass is 10.0. The van der Waals surface area contributed by atoms with E-state index in [1.165, 1.54) is 0 Å². The van der Waals surface area contributed by atoms with Crippen LogP contribution in [0.5, 0.6) is 0 Å². The molecule has 1 aliphatic heterocycles. The Hall–Kier alpha value is -0.340. The highest BCUT2D eigenvalue weighted by Gasteiger charge is 2.37. The Morgan fingerprint density at radius 1 is 1.50 bits per heavy atom. The number of ether oxygens (including phenoxy) is 1. The van der Waals surface area contributed by atoms with Gasteiger partial charge in [0.25, 0.3) is 0 Å². The van der Waals surface area contributed by atoms with E-state index in [-0.39, 0.29) is 13.0 Å². The fourth-order valence-electron chi connectivity index (χ4n) is 1.37. The molecule has 0 spiro atoms. The third-order valence-corrected chi connectivity index (χ3v) is 3.52. The van der Waals surface area contributed by atoms with Crippen LogP contribution in [0.15, 0.2) is 0 Å². The molecule has 4 atom stereocenters. The van der Waals surface area contributed by atoms with Gasteiger partial charge in [-0.3, -0.25) is 5.41 Å². The summed E-state index contributed by atoms with van der Waals surface area (Å²) in [5, 5.41) is 36.0. The molecule has 94 valence electrons. The maximum atomic E-state index is 9.56. The first-order valence-corrected chi connectivity index (χ1v) is 5.88. The van der Waals surface area contributed by atoms with Crippen LogP contribution in [0, 0.1) is 5.41 Å². The van der Waals surface area contributed by atoms with Crippen LogP contribution >= 0.6 is 11.8 Å². The first kappa shape index (κ1) is 13.7. The van der Waals surface area contributed by atoms with Crippen molar-refractivity contribution in [1.29, 1.82) is 5.41 Å². The zero-order valence-corrected chi connectivity index (χ0v) is 10.1. The second kappa shape index (κ2) is 5.83. The van der Waals surface area contributed by atoms with E-state index in [2.05, 4.69) is 0 Å². The molecule has 7 heteroatoms. The zero-order chi connectivity index (χ0) is 12.3. The van der Waals surface area contributed by atoms with E-state index < -0.39 is 23.7 Å². The second-order valence-electron chi connectivity index (χ2n) is 3.90. The minimum Gasteiger partial charge on any atom is -0.394 e. The van der Waals surface area contributed by atoms with E-state index in [9.17, 15) is 10.2 Å². The molecule has 0 amide bonds. The monoisotopic (exact) mass is 250 g/mol. The van der Waals surface area contributed by atoms with Gasteiger partial charge in [0.05, 0.1) is 12.7 Å². The van der Waals surface area contributed by atoms with Crippen molar-refractivity contribution in [2.75, 3.05) is 20.7 Å². The van der Waals surface area contributed by atoms with Crippen molar-refractivity contribution < 1.29 is 20.1 Å². The third-order valence-electron chi connectivity index (χ3n) is 2.36. The van der Waals surface area contributed by atoms with E-state index in [0.29, 0.717) is 5.17 Å². The molecule has 0 aromatic carbocycles. The van der Waals surface area contributed by atoms with Gasteiger partial charge in [-0.15, -0.1) is 0 Å². The van der Waals surface area contributed by atoms with Gasteiger partial charge >= 0.3 is 0 Å². The van der Waals surface area contributed by atoms with Gasteiger partial charge in [0.1, 0.15) is 17.6 Å². The molecule has 0 radical (unpaired) electrons. The van der Waals surface area contributed by atoms with Gasteiger partial charge < -0.3 is 25.0 Å². The van der Waals surface area contributed by atoms with Crippen molar-refractivity contribution in [2.24, 2.45) is 0 Å². The van der Waals surface area contributed by atoms with Crippen LogP contribution in [0.1, 0.15) is 6.42 Å². The Morgan fingerprint density at radius 3 is 2.62 bits per heavy atom. The number of rotatable bonds is 2. The Labute approximate surface area is 98.7 Å². The molecule has 1 fully saturated rings. The van der Waals surface area contributed by atoms with Crippen LogP contribution in [0.3, 0.4) is 0 Å². The van der Waals surface area contributed by atoms with Crippen LogP contribution in [-0.4, -0.2) is 69.8 Å². The lowest BCUT2D eigenvalue weighted by Gasteiger charge is -2.36. The molecule has 1 heterocycles. The molecule has 1 saturated heterocycles. The van der Waals surface area contributed by atoms with Crippen LogP contribution < -0.4 is 0 Å². The van der Waals surface area contributed by atoms with Gasteiger partial charge in [0.2, 0.25) is 0 Å². The maximum Gasteiger partial charge on any atom is 0.158 e. The standard InChI is InChI=1S/C9H18N2O4S/c1-11(2)9(10)16-7-3-5(13)8(14)6(4-12)15-7/h5-8,10,12-14H,3-4H2,1-2H3. The van der Waals surface area contributed by atoms with Crippen LogP contribution in [0.2, 0.25) is 0 Å². The predicted octanol–water partition coefficient (Wildman–Crippen LogP) is -0.955. The van der Waals surface area contributed by atoms with Crippen LogP contribution in [0.4, 0.5) is 0 Å². The molecule has 6 nitrogen and oxygen atoms in total. The summed E-state index contributed by atoms with van der Waals surface area (Å²) in [5.74, 6) is 0. The smallest absolute Gasteiger partial charge is 0.158 e. The highest BCUT2D eigenvalue weighted by Crippen LogP contribution is 2.28. The molecule has 1 rings (SSSR count). The van der Waals surface area contributed by atoms with E-state index >= 15 is 0 Å². The van der Waals surface area contributed by atoms with E-state index in [1.807, 2.05) is 0 Å². The Kier molecular flexibility index (Phi) is 5.00. The van der Waals surface area contributed by atoms with Crippen molar-refractivity contribution in [3.63, 3.8) is 0 Å². The number of hydrogen-bond donors (Lipinski definition) is 4. The second-order valence-corrected chi connectivity index (χ2v) is 5.05. The Morgan fingerprint density at radius 2 is 2.12 bits per heavy atom. The van der Waals surface area contributed by atoms with Crippen molar-refractivity contribution >= 4 is 16.9 Å². The predicted molar refractivity (Wildman–Crippen MR) is 61.4 cm³/mol. The molecule has 1 aliphatic rings. The molecular formula is C9H18N2O4S. The fraction of sp³-hybridized carbons (Fsp3) is 0.889. The number of hydrogen-bond acceptors (Lipinski definition) is 6. The van der Waals surface area contributed by atoms with E-state index in [4.69, 9.17) is 15.3 Å². The van der Waals surface area contributed by atoms with Gasteiger partial charge in [0.15, 0.2) is 5.17 Å². The number of nitrogens with zero attached hydrogens (tertiary/aromatic N) is 1. The zero-order valence-electron chi connectivity index (χ0n) is 9.33. The van der Waals surface area contributed by atoms with Gasteiger partial charge in [-0.25, -0.2) is 0 Å². The fourth-order valence-corrected chi connectivity index (χ4v) is 2.32. The summed E-state index contributed by atoms with van der Waals surface area (Å²) in [5.41, 5.74) is -0.412. The summed E-state index contributed by atoms with van der Waals surface area (Å²) in [6, 6.07) is 0. The van der Waals surface area contributed by atoms with Gasteiger partial charge in [-0.2, -0.15) is 0 Å². The summed E-state index contributed by atoms with van der Waals surface area (Å²) in [6.45, 7) is -0.343. The number of aliphatic hydroxyl groups excluding tert-OH is 3. The maximum absolute atomic E-state index is 9.56. The molecule has 4 unspecified atom stereocenters.